The summed E-state index contributed by atoms with van der Waals surface area (Å²) in [4.78, 5) is 11.0. The average molecular weight is 406 g/mol. The molecule has 0 aliphatic heterocycles. The van der Waals surface area contributed by atoms with Gasteiger partial charge in [-0.25, -0.2) is 0 Å². The summed E-state index contributed by atoms with van der Waals surface area (Å²) in [6.07, 6.45) is 15.1. The number of hydrogen-bond donors (Lipinski definition) is 2. The van der Waals surface area contributed by atoms with Gasteiger partial charge in [-0.2, -0.15) is 0 Å². The van der Waals surface area contributed by atoms with Crippen LogP contribution in [0.25, 0.3) is 0 Å². The molecule has 4 saturated carbocycles. The van der Waals surface area contributed by atoms with Crippen LogP contribution in [0.2, 0.25) is 0 Å². The van der Waals surface area contributed by atoms with Crippen molar-refractivity contribution in [2.45, 2.75) is 104 Å². The minimum Gasteiger partial charge on any atom is -0.480 e. The van der Waals surface area contributed by atoms with E-state index in [-0.39, 0.29) is 6.54 Å². The Kier molecular flexibility index (Phi) is 6.10. The normalized spacial score (nSPS) is 47.7. The molecule has 0 bridgehead atoms. The summed E-state index contributed by atoms with van der Waals surface area (Å²) in [6, 6.07) is 0.417. The van der Waals surface area contributed by atoms with Gasteiger partial charge < -0.3 is 10.4 Å². The van der Waals surface area contributed by atoms with Crippen LogP contribution in [-0.2, 0) is 4.79 Å². The maximum absolute atomic E-state index is 11.0. The maximum Gasteiger partial charge on any atom is 0.317 e. The molecule has 0 aromatic heterocycles. The van der Waals surface area contributed by atoms with E-state index in [2.05, 4.69) is 33.0 Å². The summed E-state index contributed by atoms with van der Waals surface area (Å²) in [6.45, 7) is 10.3. The molecule has 0 spiro atoms. The van der Waals surface area contributed by atoms with Gasteiger partial charge in [-0.05, 0) is 104 Å². The number of rotatable bonds is 6. The van der Waals surface area contributed by atoms with Crippen molar-refractivity contribution in [1.82, 2.24) is 5.32 Å². The van der Waals surface area contributed by atoms with Crippen LogP contribution in [0, 0.1) is 46.3 Å². The molecule has 3 heteroatoms. The molecule has 4 aliphatic carbocycles. The number of aliphatic carboxylic acids is 1. The largest absolute Gasteiger partial charge is 0.480 e. The van der Waals surface area contributed by atoms with Gasteiger partial charge in [-0.3, -0.25) is 4.79 Å². The monoisotopic (exact) mass is 405 g/mol. The smallest absolute Gasteiger partial charge is 0.317 e. The van der Waals surface area contributed by atoms with E-state index in [4.69, 9.17) is 5.11 Å². The Hall–Kier alpha value is -0.570. The lowest BCUT2D eigenvalue weighted by atomic mass is 9.45. The fraction of sp³-hybridized carbons (Fsp3) is 0.962. The first-order chi connectivity index (χ1) is 13.8. The van der Waals surface area contributed by atoms with Gasteiger partial charge in [0.2, 0.25) is 0 Å². The van der Waals surface area contributed by atoms with Crippen molar-refractivity contribution in [3.05, 3.63) is 0 Å². The van der Waals surface area contributed by atoms with Crippen LogP contribution >= 0.6 is 0 Å². The van der Waals surface area contributed by atoms with Crippen molar-refractivity contribution in [3.8, 4) is 0 Å². The van der Waals surface area contributed by atoms with Gasteiger partial charge in [-0.1, -0.05) is 40.5 Å². The van der Waals surface area contributed by atoms with Crippen molar-refractivity contribution in [2.24, 2.45) is 46.3 Å². The van der Waals surface area contributed by atoms with Crippen LogP contribution in [0.1, 0.15) is 98.3 Å². The van der Waals surface area contributed by atoms with E-state index < -0.39 is 5.97 Å². The van der Waals surface area contributed by atoms with E-state index in [0.717, 1.165) is 35.5 Å². The number of hydrogen-bond acceptors (Lipinski definition) is 2. The second-order valence-corrected chi connectivity index (χ2v) is 11.9. The summed E-state index contributed by atoms with van der Waals surface area (Å²) in [5.74, 6) is 4.76. The van der Waals surface area contributed by atoms with Crippen LogP contribution in [-0.4, -0.2) is 23.7 Å². The number of carbonyl (C=O) groups is 1. The highest BCUT2D eigenvalue weighted by molar-refractivity contribution is 5.69. The predicted octanol–water partition coefficient (Wildman–Crippen LogP) is 6.12. The van der Waals surface area contributed by atoms with E-state index >= 15 is 0 Å². The predicted molar refractivity (Wildman–Crippen MR) is 119 cm³/mol. The Morgan fingerprint density at radius 2 is 1.86 bits per heavy atom. The van der Waals surface area contributed by atoms with Gasteiger partial charge >= 0.3 is 5.97 Å². The zero-order chi connectivity index (χ0) is 20.8. The molecular weight excluding hydrogens is 360 g/mol. The van der Waals surface area contributed by atoms with Crippen molar-refractivity contribution < 1.29 is 9.90 Å². The summed E-state index contributed by atoms with van der Waals surface area (Å²) in [5.41, 5.74) is 1.10. The van der Waals surface area contributed by atoms with Gasteiger partial charge in [0.25, 0.3) is 0 Å². The molecule has 0 aromatic rings. The van der Waals surface area contributed by atoms with Crippen LogP contribution in [0.4, 0.5) is 0 Å². The van der Waals surface area contributed by atoms with E-state index in [1.165, 1.54) is 70.6 Å². The van der Waals surface area contributed by atoms with Crippen LogP contribution in [0.15, 0.2) is 0 Å². The Balaban J connectivity index is 1.46. The Labute approximate surface area is 178 Å². The van der Waals surface area contributed by atoms with E-state index in [9.17, 15) is 4.79 Å². The van der Waals surface area contributed by atoms with Gasteiger partial charge in [0.15, 0.2) is 0 Å². The summed E-state index contributed by atoms with van der Waals surface area (Å²) in [5, 5.41) is 12.3. The Bertz CT molecular complexity index is 606. The quantitative estimate of drug-likeness (QED) is 0.559. The summed E-state index contributed by atoms with van der Waals surface area (Å²) in [7, 11) is 0. The molecule has 4 fully saturated rings. The summed E-state index contributed by atoms with van der Waals surface area (Å²) < 4.78 is 0. The highest BCUT2D eigenvalue weighted by atomic mass is 16.4. The van der Waals surface area contributed by atoms with Crippen LogP contribution < -0.4 is 5.32 Å². The first-order valence-corrected chi connectivity index (χ1v) is 12.7. The highest BCUT2D eigenvalue weighted by Crippen LogP contribution is 2.68. The topological polar surface area (TPSA) is 49.3 Å². The molecule has 0 amide bonds. The number of carboxylic acids is 1. The van der Waals surface area contributed by atoms with Gasteiger partial charge in [0.1, 0.15) is 0 Å². The zero-order valence-corrected chi connectivity index (χ0v) is 19.4. The second-order valence-electron chi connectivity index (χ2n) is 11.9. The SMILES string of the molecule is CCC[C@@H](C)[C@H]1CCC2C3CCC4C[14CH](NCC(=O)O)CC[C@]4(C)C3CC[C@@]21C. The third kappa shape index (κ3) is 3.68. The first kappa shape index (κ1) is 21.7. The molecule has 4 rings (SSSR count). The van der Waals surface area contributed by atoms with E-state index in [1.807, 2.05) is 0 Å². The molecule has 0 radical (unpaired) electrons. The van der Waals surface area contributed by atoms with Gasteiger partial charge in [0.05, 0.1) is 6.54 Å². The molecule has 0 saturated heterocycles. The van der Waals surface area contributed by atoms with Crippen molar-refractivity contribution in [3.63, 3.8) is 0 Å². The van der Waals surface area contributed by atoms with Crippen molar-refractivity contribution in [2.75, 3.05) is 6.54 Å². The maximum atomic E-state index is 11.0. The first-order valence-electron chi connectivity index (χ1n) is 12.7. The molecular formula is C26H45NO2. The van der Waals surface area contributed by atoms with Gasteiger partial charge in [0, 0.05) is 6.04 Å². The Morgan fingerprint density at radius 1 is 1.10 bits per heavy atom. The molecule has 0 heterocycles. The van der Waals surface area contributed by atoms with Crippen molar-refractivity contribution >= 4 is 5.97 Å². The lowest BCUT2D eigenvalue weighted by molar-refractivity contribution is -0.136. The highest BCUT2D eigenvalue weighted by Gasteiger charge is 2.60. The van der Waals surface area contributed by atoms with Crippen LogP contribution in [0.3, 0.4) is 0 Å². The average Bonchev–Trinajstić information content (AvgIpc) is 3.03. The Morgan fingerprint density at radius 3 is 2.59 bits per heavy atom. The number of nitrogens with one attached hydrogen (secondary N) is 1. The van der Waals surface area contributed by atoms with Crippen molar-refractivity contribution in [1.29, 1.82) is 0 Å². The fourth-order valence-electron chi connectivity index (χ4n) is 9.31. The molecule has 29 heavy (non-hydrogen) atoms. The lowest BCUT2D eigenvalue weighted by Crippen LogP contribution is -2.55. The molecule has 0 aromatic carbocycles. The third-order valence-electron chi connectivity index (χ3n) is 10.7. The molecule has 3 nitrogen and oxygen atoms in total. The minimum absolute atomic E-state index is 0.123. The molecule has 4 aliphatic rings. The third-order valence-corrected chi connectivity index (χ3v) is 10.7. The van der Waals surface area contributed by atoms with E-state index in [1.54, 1.807) is 0 Å². The number of fused-ring (bicyclic) bond motifs is 5. The minimum atomic E-state index is -0.721. The molecule has 5 unspecified atom stereocenters. The van der Waals surface area contributed by atoms with Gasteiger partial charge in [-0.15, -0.1) is 0 Å². The van der Waals surface area contributed by atoms with Crippen LogP contribution in [0.5, 0.6) is 0 Å². The standard InChI is InChI=1S/C26H45NO2/c1-5-6-17(2)21-9-10-22-20-8-7-18-15-19(27-16-24(28)29)11-13-25(18,3)23(20)12-14-26(21,22)4/h17-23,27H,5-16H2,1-4H3,(H,28,29)/t17-,18?,19?,20?,21-,22?,23?,25+,26-/m1/s1/i19+2. The molecule has 166 valence electrons. The second kappa shape index (κ2) is 8.17. The fourth-order valence-corrected chi connectivity index (χ4v) is 9.31. The zero-order valence-electron chi connectivity index (χ0n) is 19.4. The lowest BCUT2D eigenvalue weighted by Gasteiger charge is -2.61. The molecule has 2 N–H and O–H groups in total. The van der Waals surface area contributed by atoms with E-state index in [0.29, 0.717) is 16.9 Å². The summed E-state index contributed by atoms with van der Waals surface area (Å²) >= 11 is 0. The molecule has 9 atom stereocenters. The number of carboxylic acid groups (broad SMARTS) is 1.